The Bertz CT molecular complexity index is 726. The van der Waals surface area contributed by atoms with Crippen molar-refractivity contribution in [3.8, 4) is 0 Å². The van der Waals surface area contributed by atoms with E-state index in [9.17, 15) is 23.1 Å². The Kier molecular flexibility index (Phi) is 5.09. The highest BCUT2D eigenvalue weighted by Crippen LogP contribution is 2.24. The van der Waals surface area contributed by atoms with Crippen molar-refractivity contribution in [1.29, 1.82) is 0 Å². The van der Waals surface area contributed by atoms with Crippen LogP contribution in [0, 0.1) is 0 Å². The Balaban J connectivity index is 2.46. The van der Waals surface area contributed by atoms with Crippen LogP contribution in [-0.4, -0.2) is 49.1 Å². The minimum Gasteiger partial charge on any atom is -0.480 e. The molecular formula is C16H21NO5S. The maximum Gasteiger partial charge on any atom is 0.326 e. The number of rotatable bonds is 4. The Hall–Kier alpha value is -1.89. The fourth-order valence-corrected chi connectivity index (χ4v) is 3.53. The molecule has 1 aliphatic rings. The number of carboxylic acid groups (broad SMARTS) is 1. The number of carbonyl (C=O) groups is 2. The number of amides is 1. The molecule has 7 heteroatoms. The molecule has 126 valence electrons. The zero-order chi connectivity index (χ0) is 17.2. The lowest BCUT2D eigenvalue weighted by atomic mass is 9.98. The summed E-state index contributed by atoms with van der Waals surface area (Å²) in [5.41, 5.74) is 1.00. The lowest BCUT2D eigenvalue weighted by molar-refractivity contribution is -0.143. The van der Waals surface area contributed by atoms with Crippen LogP contribution in [0.3, 0.4) is 0 Å². The maximum absolute atomic E-state index is 12.8. The third-order valence-corrected chi connectivity index (χ3v) is 5.28. The van der Waals surface area contributed by atoms with E-state index in [1.165, 1.54) is 17.0 Å². The van der Waals surface area contributed by atoms with Crippen LogP contribution >= 0.6 is 0 Å². The lowest BCUT2D eigenvalue weighted by Gasteiger charge is -2.33. The van der Waals surface area contributed by atoms with E-state index in [0.717, 1.165) is 24.7 Å². The second-order valence-electron chi connectivity index (χ2n) is 5.79. The molecule has 1 N–H and O–H groups in total. The highest BCUT2D eigenvalue weighted by Gasteiger charge is 2.33. The number of benzene rings is 1. The van der Waals surface area contributed by atoms with E-state index in [0.29, 0.717) is 19.4 Å². The Morgan fingerprint density at radius 1 is 1.30 bits per heavy atom. The van der Waals surface area contributed by atoms with E-state index in [1.807, 2.05) is 6.92 Å². The molecule has 1 atom stereocenters. The number of carbonyl (C=O) groups excluding carboxylic acids is 1. The topological polar surface area (TPSA) is 91.8 Å². The van der Waals surface area contributed by atoms with Gasteiger partial charge >= 0.3 is 5.97 Å². The van der Waals surface area contributed by atoms with Crippen molar-refractivity contribution in [2.75, 3.05) is 12.8 Å². The molecule has 1 saturated heterocycles. The molecular weight excluding hydrogens is 318 g/mol. The summed E-state index contributed by atoms with van der Waals surface area (Å²) in [6, 6.07) is 3.63. The van der Waals surface area contributed by atoms with Crippen LogP contribution in [-0.2, 0) is 21.1 Å². The Morgan fingerprint density at radius 2 is 2.00 bits per heavy atom. The number of aliphatic carboxylic acids is 1. The summed E-state index contributed by atoms with van der Waals surface area (Å²) in [6.07, 6.45) is 3.60. The third kappa shape index (κ3) is 3.72. The van der Waals surface area contributed by atoms with Gasteiger partial charge in [0.15, 0.2) is 9.84 Å². The van der Waals surface area contributed by atoms with Crippen LogP contribution in [0.25, 0.3) is 0 Å². The van der Waals surface area contributed by atoms with Gasteiger partial charge in [-0.2, -0.15) is 0 Å². The zero-order valence-corrected chi connectivity index (χ0v) is 14.1. The molecule has 1 aliphatic heterocycles. The van der Waals surface area contributed by atoms with Gasteiger partial charge in [0.25, 0.3) is 5.91 Å². The molecule has 6 nitrogen and oxygen atoms in total. The summed E-state index contributed by atoms with van der Waals surface area (Å²) in [5.74, 6) is -1.42. The van der Waals surface area contributed by atoms with Gasteiger partial charge in [-0.3, -0.25) is 4.79 Å². The number of piperidine rings is 1. The minimum atomic E-state index is -3.43. The highest BCUT2D eigenvalue weighted by atomic mass is 32.2. The normalized spacial score (nSPS) is 18.7. The molecule has 1 aromatic carbocycles. The second kappa shape index (κ2) is 6.70. The number of sulfone groups is 1. The molecule has 1 unspecified atom stereocenters. The van der Waals surface area contributed by atoms with E-state index in [-0.39, 0.29) is 10.5 Å². The van der Waals surface area contributed by atoms with E-state index in [4.69, 9.17) is 0 Å². The van der Waals surface area contributed by atoms with Gasteiger partial charge in [0.2, 0.25) is 0 Å². The third-order valence-electron chi connectivity index (χ3n) is 4.17. The van der Waals surface area contributed by atoms with Crippen LogP contribution in [0.15, 0.2) is 23.1 Å². The van der Waals surface area contributed by atoms with Crippen LogP contribution < -0.4 is 0 Å². The molecule has 1 aromatic rings. The number of hydrogen-bond acceptors (Lipinski definition) is 4. The molecule has 0 radical (unpaired) electrons. The van der Waals surface area contributed by atoms with Gasteiger partial charge in [-0.15, -0.1) is 0 Å². The molecule has 1 amide bonds. The van der Waals surface area contributed by atoms with Crippen molar-refractivity contribution >= 4 is 21.7 Å². The maximum atomic E-state index is 12.8. The molecule has 0 saturated carbocycles. The van der Waals surface area contributed by atoms with E-state index in [2.05, 4.69) is 0 Å². The number of carboxylic acids is 1. The average Bonchev–Trinajstić information content (AvgIpc) is 2.52. The van der Waals surface area contributed by atoms with Gasteiger partial charge in [-0.25, -0.2) is 13.2 Å². The van der Waals surface area contributed by atoms with Gasteiger partial charge < -0.3 is 10.0 Å². The van der Waals surface area contributed by atoms with E-state index >= 15 is 0 Å². The summed E-state index contributed by atoms with van der Waals surface area (Å²) in [5, 5.41) is 9.33. The molecule has 23 heavy (non-hydrogen) atoms. The minimum absolute atomic E-state index is 0.0712. The number of hydrogen-bond donors (Lipinski definition) is 1. The highest BCUT2D eigenvalue weighted by molar-refractivity contribution is 7.90. The predicted octanol–water partition coefficient (Wildman–Crippen LogP) is 1.73. The van der Waals surface area contributed by atoms with Gasteiger partial charge in [0, 0.05) is 18.4 Å². The Morgan fingerprint density at radius 3 is 2.57 bits per heavy atom. The van der Waals surface area contributed by atoms with Crippen LogP contribution in [0.1, 0.15) is 42.1 Å². The van der Waals surface area contributed by atoms with Crippen molar-refractivity contribution in [1.82, 2.24) is 4.90 Å². The van der Waals surface area contributed by atoms with Crippen molar-refractivity contribution in [3.63, 3.8) is 0 Å². The van der Waals surface area contributed by atoms with Gasteiger partial charge in [0.1, 0.15) is 6.04 Å². The number of nitrogens with zero attached hydrogens (tertiary/aromatic N) is 1. The van der Waals surface area contributed by atoms with E-state index in [1.54, 1.807) is 6.07 Å². The summed E-state index contributed by atoms with van der Waals surface area (Å²) >= 11 is 0. The molecule has 0 bridgehead atoms. The first-order chi connectivity index (χ1) is 10.8. The number of aryl methyl sites for hydroxylation is 1. The summed E-state index contributed by atoms with van der Waals surface area (Å²) in [7, 11) is -3.43. The van der Waals surface area contributed by atoms with E-state index < -0.39 is 27.8 Å². The standard InChI is InChI=1S/C16H21NO5S/c1-3-11-7-8-12(23(2,21)22)10-13(11)15(18)17-9-5-4-6-14(17)16(19)20/h7-8,10,14H,3-6,9H2,1-2H3,(H,19,20). The summed E-state index contributed by atoms with van der Waals surface area (Å²) in [6.45, 7) is 2.25. The van der Waals surface area contributed by atoms with Gasteiger partial charge in [-0.1, -0.05) is 13.0 Å². The van der Waals surface area contributed by atoms with Gasteiger partial charge in [0.05, 0.1) is 4.90 Å². The fourth-order valence-electron chi connectivity index (χ4n) is 2.88. The fraction of sp³-hybridized carbons (Fsp3) is 0.500. The first-order valence-corrected chi connectivity index (χ1v) is 9.51. The van der Waals surface area contributed by atoms with Crippen molar-refractivity contribution < 1.29 is 23.1 Å². The molecule has 0 spiro atoms. The summed E-state index contributed by atoms with van der Waals surface area (Å²) in [4.78, 5) is 25.7. The molecule has 1 fully saturated rings. The second-order valence-corrected chi connectivity index (χ2v) is 7.81. The molecule has 0 aromatic heterocycles. The zero-order valence-electron chi connectivity index (χ0n) is 13.3. The average molecular weight is 339 g/mol. The van der Waals surface area contributed by atoms with Crippen LogP contribution in [0.4, 0.5) is 0 Å². The van der Waals surface area contributed by atoms with Crippen LogP contribution in [0.2, 0.25) is 0 Å². The monoisotopic (exact) mass is 339 g/mol. The van der Waals surface area contributed by atoms with Crippen molar-refractivity contribution in [2.24, 2.45) is 0 Å². The van der Waals surface area contributed by atoms with Crippen LogP contribution in [0.5, 0.6) is 0 Å². The molecule has 0 aliphatic carbocycles. The first kappa shape index (κ1) is 17.5. The molecule has 2 rings (SSSR count). The molecule has 1 heterocycles. The number of likely N-dealkylation sites (tertiary alicyclic amines) is 1. The lowest BCUT2D eigenvalue weighted by Crippen LogP contribution is -2.48. The predicted molar refractivity (Wildman–Crippen MR) is 85.2 cm³/mol. The van der Waals surface area contributed by atoms with Gasteiger partial charge in [-0.05, 0) is 43.4 Å². The SMILES string of the molecule is CCc1ccc(S(C)(=O)=O)cc1C(=O)N1CCCCC1C(=O)O. The van der Waals surface area contributed by atoms with Crippen molar-refractivity contribution in [2.45, 2.75) is 43.5 Å². The first-order valence-electron chi connectivity index (χ1n) is 7.62. The Labute approximate surface area is 136 Å². The quantitative estimate of drug-likeness (QED) is 0.902. The smallest absolute Gasteiger partial charge is 0.326 e. The summed E-state index contributed by atoms with van der Waals surface area (Å²) < 4.78 is 23.5. The largest absolute Gasteiger partial charge is 0.480 e. The van der Waals surface area contributed by atoms with Crippen molar-refractivity contribution in [3.05, 3.63) is 29.3 Å².